The summed E-state index contributed by atoms with van der Waals surface area (Å²) in [5.41, 5.74) is 2.25. The molecule has 0 amide bonds. The van der Waals surface area contributed by atoms with E-state index in [-0.39, 0.29) is 6.04 Å². The standard InChI is InChI=1S/C11H13N3OS/c1-7-5-16-6-8(7)11-13-10(14-15-11)9-3-2-4-12-9/h5-6,9,12H,2-4H2,1H3. The predicted octanol–water partition coefficient (Wildman–Crippen LogP) is 2.53. The fourth-order valence-electron chi connectivity index (χ4n) is 1.97. The molecule has 0 aromatic carbocycles. The Balaban J connectivity index is 1.90. The molecule has 2 aromatic rings. The zero-order valence-electron chi connectivity index (χ0n) is 9.06. The van der Waals surface area contributed by atoms with Crippen molar-refractivity contribution < 1.29 is 4.52 Å². The van der Waals surface area contributed by atoms with Crippen LogP contribution in [-0.4, -0.2) is 16.7 Å². The molecule has 1 atom stereocenters. The third kappa shape index (κ3) is 1.66. The molecule has 5 heteroatoms. The minimum atomic E-state index is 0.274. The van der Waals surface area contributed by atoms with Gasteiger partial charge in [-0.1, -0.05) is 5.16 Å². The summed E-state index contributed by atoms with van der Waals surface area (Å²) in [4.78, 5) is 4.46. The summed E-state index contributed by atoms with van der Waals surface area (Å²) in [7, 11) is 0. The molecule has 1 unspecified atom stereocenters. The van der Waals surface area contributed by atoms with Crippen molar-refractivity contribution in [3.63, 3.8) is 0 Å². The van der Waals surface area contributed by atoms with Crippen molar-refractivity contribution in [3.05, 3.63) is 22.1 Å². The van der Waals surface area contributed by atoms with Gasteiger partial charge in [-0.15, -0.1) is 0 Å². The molecule has 0 aliphatic carbocycles. The second kappa shape index (κ2) is 3.99. The maximum absolute atomic E-state index is 5.31. The predicted molar refractivity (Wildman–Crippen MR) is 62.3 cm³/mol. The highest BCUT2D eigenvalue weighted by Gasteiger charge is 2.22. The van der Waals surface area contributed by atoms with Gasteiger partial charge < -0.3 is 9.84 Å². The van der Waals surface area contributed by atoms with Gasteiger partial charge in [-0.05, 0) is 37.3 Å². The number of aromatic nitrogens is 2. The number of hydrogen-bond donors (Lipinski definition) is 1. The number of rotatable bonds is 2. The smallest absolute Gasteiger partial charge is 0.259 e. The average molecular weight is 235 g/mol. The topological polar surface area (TPSA) is 51.0 Å². The van der Waals surface area contributed by atoms with Crippen molar-refractivity contribution in [2.75, 3.05) is 6.54 Å². The first-order valence-corrected chi connectivity index (χ1v) is 6.39. The van der Waals surface area contributed by atoms with Crippen LogP contribution in [0.4, 0.5) is 0 Å². The lowest BCUT2D eigenvalue weighted by molar-refractivity contribution is 0.412. The summed E-state index contributed by atoms with van der Waals surface area (Å²) >= 11 is 1.66. The first-order chi connectivity index (χ1) is 7.84. The molecular formula is C11H13N3OS. The fourth-order valence-corrected chi connectivity index (χ4v) is 2.79. The molecule has 0 radical (unpaired) electrons. The largest absolute Gasteiger partial charge is 0.334 e. The molecule has 0 bridgehead atoms. The van der Waals surface area contributed by atoms with Gasteiger partial charge in [-0.2, -0.15) is 16.3 Å². The fraction of sp³-hybridized carbons (Fsp3) is 0.455. The van der Waals surface area contributed by atoms with Crippen LogP contribution < -0.4 is 5.32 Å². The quantitative estimate of drug-likeness (QED) is 0.869. The Labute approximate surface area is 97.7 Å². The molecule has 1 saturated heterocycles. The summed E-state index contributed by atoms with van der Waals surface area (Å²) in [5, 5.41) is 11.6. The highest BCUT2D eigenvalue weighted by atomic mass is 32.1. The third-order valence-electron chi connectivity index (χ3n) is 2.90. The maximum Gasteiger partial charge on any atom is 0.259 e. The Bertz CT molecular complexity index is 485. The highest BCUT2D eigenvalue weighted by molar-refractivity contribution is 7.08. The van der Waals surface area contributed by atoms with Crippen LogP contribution in [0.3, 0.4) is 0 Å². The summed E-state index contributed by atoms with van der Waals surface area (Å²) < 4.78 is 5.31. The van der Waals surface area contributed by atoms with E-state index in [1.807, 2.05) is 0 Å². The van der Waals surface area contributed by atoms with Crippen molar-refractivity contribution in [1.29, 1.82) is 0 Å². The summed E-state index contributed by atoms with van der Waals surface area (Å²) in [6.07, 6.45) is 2.29. The maximum atomic E-state index is 5.31. The average Bonchev–Trinajstić information content (AvgIpc) is 2.96. The van der Waals surface area contributed by atoms with E-state index in [1.165, 1.54) is 12.0 Å². The normalized spacial score (nSPS) is 20.4. The molecule has 3 heterocycles. The lowest BCUT2D eigenvalue weighted by Crippen LogP contribution is -2.14. The van der Waals surface area contributed by atoms with Gasteiger partial charge in [-0.3, -0.25) is 0 Å². The Hall–Kier alpha value is -1.20. The number of thiophene rings is 1. The van der Waals surface area contributed by atoms with Gasteiger partial charge >= 0.3 is 0 Å². The third-order valence-corrected chi connectivity index (χ3v) is 3.76. The van der Waals surface area contributed by atoms with Crippen LogP contribution in [0.2, 0.25) is 0 Å². The molecule has 1 fully saturated rings. The van der Waals surface area contributed by atoms with Gasteiger partial charge in [0, 0.05) is 5.38 Å². The molecule has 16 heavy (non-hydrogen) atoms. The van der Waals surface area contributed by atoms with E-state index in [9.17, 15) is 0 Å². The highest BCUT2D eigenvalue weighted by Crippen LogP contribution is 2.27. The van der Waals surface area contributed by atoms with Gasteiger partial charge in [-0.25, -0.2) is 0 Å². The number of hydrogen-bond acceptors (Lipinski definition) is 5. The van der Waals surface area contributed by atoms with Crippen LogP contribution >= 0.6 is 11.3 Å². The Morgan fingerprint density at radius 2 is 2.44 bits per heavy atom. The summed E-state index contributed by atoms with van der Waals surface area (Å²) in [6.45, 7) is 3.11. The van der Waals surface area contributed by atoms with Crippen LogP contribution in [0, 0.1) is 6.92 Å². The van der Waals surface area contributed by atoms with Gasteiger partial charge in [0.15, 0.2) is 5.82 Å². The van der Waals surface area contributed by atoms with E-state index in [2.05, 4.69) is 33.1 Å². The SMILES string of the molecule is Cc1cscc1-c1nc(C2CCCN2)no1. The van der Waals surface area contributed by atoms with Gasteiger partial charge in [0.25, 0.3) is 5.89 Å². The van der Waals surface area contributed by atoms with Crippen LogP contribution in [0.5, 0.6) is 0 Å². The van der Waals surface area contributed by atoms with Crippen LogP contribution in [-0.2, 0) is 0 Å². The van der Waals surface area contributed by atoms with Crippen molar-refractivity contribution in [3.8, 4) is 11.5 Å². The minimum Gasteiger partial charge on any atom is -0.334 e. The molecule has 1 aliphatic heterocycles. The van der Waals surface area contributed by atoms with E-state index < -0.39 is 0 Å². The van der Waals surface area contributed by atoms with E-state index in [0.717, 1.165) is 24.4 Å². The molecular weight excluding hydrogens is 222 g/mol. The Kier molecular flexibility index (Phi) is 2.49. The number of nitrogens with zero attached hydrogens (tertiary/aromatic N) is 2. The van der Waals surface area contributed by atoms with E-state index in [1.54, 1.807) is 11.3 Å². The van der Waals surface area contributed by atoms with E-state index in [0.29, 0.717) is 5.89 Å². The molecule has 1 N–H and O–H groups in total. The first kappa shape index (κ1) is 9.99. The summed E-state index contributed by atoms with van der Waals surface area (Å²) in [5.74, 6) is 1.43. The lowest BCUT2D eigenvalue weighted by Gasteiger charge is -2.01. The molecule has 4 nitrogen and oxygen atoms in total. The molecule has 0 spiro atoms. The van der Waals surface area contributed by atoms with Crippen LogP contribution in [0.15, 0.2) is 15.3 Å². The van der Waals surface area contributed by atoms with Gasteiger partial charge in [0.1, 0.15) is 0 Å². The van der Waals surface area contributed by atoms with Crippen molar-refractivity contribution in [2.45, 2.75) is 25.8 Å². The van der Waals surface area contributed by atoms with Crippen molar-refractivity contribution in [1.82, 2.24) is 15.5 Å². The lowest BCUT2D eigenvalue weighted by atomic mass is 10.2. The zero-order valence-corrected chi connectivity index (χ0v) is 9.88. The van der Waals surface area contributed by atoms with Crippen LogP contribution in [0.1, 0.15) is 30.3 Å². The number of aryl methyl sites for hydroxylation is 1. The summed E-state index contributed by atoms with van der Waals surface area (Å²) in [6, 6.07) is 0.274. The van der Waals surface area contributed by atoms with Crippen LogP contribution in [0.25, 0.3) is 11.5 Å². The van der Waals surface area contributed by atoms with Crippen molar-refractivity contribution in [2.24, 2.45) is 0 Å². The molecule has 1 aliphatic rings. The second-order valence-electron chi connectivity index (χ2n) is 4.08. The molecule has 3 rings (SSSR count). The Morgan fingerprint density at radius 3 is 3.12 bits per heavy atom. The Morgan fingerprint density at radius 1 is 1.50 bits per heavy atom. The molecule has 84 valence electrons. The first-order valence-electron chi connectivity index (χ1n) is 5.45. The van der Waals surface area contributed by atoms with Gasteiger partial charge in [0.2, 0.25) is 0 Å². The second-order valence-corrected chi connectivity index (χ2v) is 4.82. The van der Waals surface area contributed by atoms with E-state index in [4.69, 9.17) is 4.52 Å². The minimum absolute atomic E-state index is 0.274. The van der Waals surface area contributed by atoms with E-state index >= 15 is 0 Å². The number of nitrogens with one attached hydrogen (secondary N) is 1. The van der Waals surface area contributed by atoms with Crippen molar-refractivity contribution >= 4 is 11.3 Å². The molecule has 0 saturated carbocycles. The zero-order chi connectivity index (χ0) is 11.0. The monoisotopic (exact) mass is 235 g/mol. The van der Waals surface area contributed by atoms with Gasteiger partial charge in [0.05, 0.1) is 11.6 Å². The molecule has 2 aromatic heterocycles.